The SMILES string of the molecule is CCOc1cc(/C=N\NC(=O)c2ccccc2O)ccc1O[C@@H](C)C(=O)O. The molecule has 2 aromatic carbocycles. The summed E-state index contributed by atoms with van der Waals surface area (Å²) in [7, 11) is 0. The van der Waals surface area contributed by atoms with Crippen molar-refractivity contribution < 1.29 is 29.3 Å². The quantitative estimate of drug-likeness (QED) is 0.484. The van der Waals surface area contributed by atoms with Crippen LogP contribution in [-0.4, -0.2) is 41.0 Å². The number of ether oxygens (including phenoxy) is 2. The number of nitrogens with one attached hydrogen (secondary N) is 1. The van der Waals surface area contributed by atoms with Crippen molar-refractivity contribution in [1.29, 1.82) is 0 Å². The number of hydrogen-bond donors (Lipinski definition) is 3. The molecule has 8 heteroatoms. The van der Waals surface area contributed by atoms with E-state index in [2.05, 4.69) is 10.5 Å². The lowest BCUT2D eigenvalue weighted by Gasteiger charge is -2.15. The Kier molecular flexibility index (Phi) is 6.76. The van der Waals surface area contributed by atoms with Crippen LogP contribution in [0.4, 0.5) is 0 Å². The van der Waals surface area contributed by atoms with Gasteiger partial charge in [-0.25, -0.2) is 10.2 Å². The minimum absolute atomic E-state index is 0.107. The molecule has 0 bridgehead atoms. The third-order valence-electron chi connectivity index (χ3n) is 3.45. The molecule has 142 valence electrons. The van der Waals surface area contributed by atoms with Crippen LogP contribution in [0.1, 0.15) is 29.8 Å². The minimum Gasteiger partial charge on any atom is -0.507 e. The molecule has 0 unspecified atom stereocenters. The number of para-hydroxylation sites is 1. The van der Waals surface area contributed by atoms with E-state index in [4.69, 9.17) is 14.6 Å². The molecule has 2 rings (SSSR count). The number of carboxylic acids is 1. The molecule has 0 aromatic heterocycles. The highest BCUT2D eigenvalue weighted by atomic mass is 16.5. The fourth-order valence-electron chi connectivity index (χ4n) is 2.10. The van der Waals surface area contributed by atoms with Crippen LogP contribution in [0, 0.1) is 0 Å². The van der Waals surface area contributed by atoms with Crippen molar-refractivity contribution in [3.05, 3.63) is 53.6 Å². The van der Waals surface area contributed by atoms with Gasteiger partial charge in [0.1, 0.15) is 5.75 Å². The van der Waals surface area contributed by atoms with E-state index in [1.165, 1.54) is 25.3 Å². The second-order valence-electron chi connectivity index (χ2n) is 5.45. The van der Waals surface area contributed by atoms with E-state index >= 15 is 0 Å². The van der Waals surface area contributed by atoms with Crippen molar-refractivity contribution in [2.45, 2.75) is 20.0 Å². The van der Waals surface area contributed by atoms with Crippen molar-refractivity contribution in [2.75, 3.05) is 6.61 Å². The van der Waals surface area contributed by atoms with Gasteiger partial charge in [0.05, 0.1) is 18.4 Å². The Morgan fingerprint density at radius 3 is 2.63 bits per heavy atom. The molecule has 3 N–H and O–H groups in total. The van der Waals surface area contributed by atoms with Crippen molar-refractivity contribution in [3.8, 4) is 17.2 Å². The van der Waals surface area contributed by atoms with Crippen LogP contribution >= 0.6 is 0 Å². The van der Waals surface area contributed by atoms with Gasteiger partial charge in [-0.15, -0.1) is 0 Å². The molecule has 8 nitrogen and oxygen atoms in total. The van der Waals surface area contributed by atoms with Gasteiger partial charge in [0.2, 0.25) is 0 Å². The highest BCUT2D eigenvalue weighted by Crippen LogP contribution is 2.29. The highest BCUT2D eigenvalue weighted by Gasteiger charge is 2.16. The zero-order chi connectivity index (χ0) is 19.8. The number of hydrogen-bond acceptors (Lipinski definition) is 6. The Hall–Kier alpha value is -3.55. The molecule has 0 saturated carbocycles. The molecule has 0 aliphatic carbocycles. The normalized spacial score (nSPS) is 11.8. The number of phenols is 1. The summed E-state index contributed by atoms with van der Waals surface area (Å²) in [5.74, 6) is -1.12. The van der Waals surface area contributed by atoms with E-state index in [1.54, 1.807) is 37.3 Å². The number of carboxylic acid groups (broad SMARTS) is 1. The molecule has 0 heterocycles. The van der Waals surface area contributed by atoms with Crippen LogP contribution in [0.3, 0.4) is 0 Å². The van der Waals surface area contributed by atoms with Crippen molar-refractivity contribution in [3.63, 3.8) is 0 Å². The van der Waals surface area contributed by atoms with Gasteiger partial charge in [-0.1, -0.05) is 12.1 Å². The first kappa shape index (κ1) is 19.8. The summed E-state index contributed by atoms with van der Waals surface area (Å²) < 4.78 is 10.8. The maximum Gasteiger partial charge on any atom is 0.344 e. The standard InChI is InChI=1S/C19H20N2O6/c1-3-26-17-10-13(8-9-16(17)27-12(2)19(24)25)11-20-21-18(23)14-6-4-5-7-15(14)22/h4-12,22H,3H2,1-2H3,(H,21,23)(H,24,25)/b20-11-/t12-/m0/s1. The Balaban J connectivity index is 2.10. The summed E-state index contributed by atoms with van der Waals surface area (Å²) in [5, 5.41) is 22.5. The number of amides is 1. The van der Waals surface area contributed by atoms with Gasteiger partial charge in [0.15, 0.2) is 17.6 Å². The Labute approximate surface area is 156 Å². The number of hydrazone groups is 1. The third-order valence-corrected chi connectivity index (χ3v) is 3.45. The summed E-state index contributed by atoms with van der Waals surface area (Å²) in [6.07, 6.45) is 0.367. The van der Waals surface area contributed by atoms with Gasteiger partial charge >= 0.3 is 5.97 Å². The van der Waals surface area contributed by atoms with Crippen LogP contribution in [0.25, 0.3) is 0 Å². The summed E-state index contributed by atoms with van der Waals surface area (Å²) in [5.41, 5.74) is 3.03. The average Bonchev–Trinajstić information content (AvgIpc) is 2.64. The monoisotopic (exact) mass is 372 g/mol. The molecule has 0 spiro atoms. The summed E-state index contributed by atoms with van der Waals surface area (Å²) >= 11 is 0. The van der Waals surface area contributed by atoms with E-state index in [9.17, 15) is 14.7 Å². The zero-order valence-corrected chi connectivity index (χ0v) is 14.9. The van der Waals surface area contributed by atoms with Crippen molar-refractivity contribution >= 4 is 18.1 Å². The number of carbonyl (C=O) groups excluding carboxylic acids is 1. The number of carbonyl (C=O) groups is 2. The topological polar surface area (TPSA) is 117 Å². The van der Waals surface area contributed by atoms with Crippen molar-refractivity contribution in [1.82, 2.24) is 5.43 Å². The molecule has 0 fully saturated rings. The molecule has 1 amide bonds. The van der Waals surface area contributed by atoms with Gasteiger partial charge in [-0.2, -0.15) is 5.10 Å². The number of benzene rings is 2. The molecule has 2 aromatic rings. The van der Waals surface area contributed by atoms with Gasteiger partial charge < -0.3 is 19.7 Å². The molecule has 0 radical (unpaired) electrons. The maximum atomic E-state index is 12.0. The Bertz CT molecular complexity index is 850. The van der Waals surface area contributed by atoms with Crippen LogP contribution < -0.4 is 14.9 Å². The van der Waals surface area contributed by atoms with Crippen LogP contribution in [0.2, 0.25) is 0 Å². The fourth-order valence-corrected chi connectivity index (χ4v) is 2.10. The van der Waals surface area contributed by atoms with Gasteiger partial charge in [-0.3, -0.25) is 4.79 Å². The molecule has 27 heavy (non-hydrogen) atoms. The first-order chi connectivity index (χ1) is 12.9. The van der Waals surface area contributed by atoms with Gasteiger partial charge in [-0.05, 0) is 49.7 Å². The third kappa shape index (κ3) is 5.46. The number of rotatable bonds is 8. The maximum absolute atomic E-state index is 12.0. The van der Waals surface area contributed by atoms with E-state index < -0.39 is 18.0 Å². The lowest BCUT2D eigenvalue weighted by Crippen LogP contribution is -2.23. The molecule has 0 aliphatic heterocycles. The van der Waals surface area contributed by atoms with Crippen LogP contribution in [-0.2, 0) is 4.79 Å². The summed E-state index contributed by atoms with van der Waals surface area (Å²) in [4.78, 5) is 22.9. The molecular formula is C19H20N2O6. The number of aromatic hydroxyl groups is 1. The summed E-state index contributed by atoms with van der Waals surface area (Å²) in [6, 6.07) is 10.9. The number of aliphatic carboxylic acids is 1. The van der Waals surface area contributed by atoms with E-state index in [0.717, 1.165) is 0 Å². The van der Waals surface area contributed by atoms with Gasteiger partial charge in [0, 0.05) is 0 Å². The summed E-state index contributed by atoms with van der Waals surface area (Å²) in [6.45, 7) is 3.57. The van der Waals surface area contributed by atoms with E-state index in [-0.39, 0.29) is 11.3 Å². The molecule has 1 atom stereocenters. The molecule has 0 aliphatic rings. The predicted molar refractivity (Wildman–Crippen MR) is 98.5 cm³/mol. The fraction of sp³-hybridized carbons (Fsp3) is 0.211. The van der Waals surface area contributed by atoms with Gasteiger partial charge in [0.25, 0.3) is 5.91 Å². The first-order valence-electron chi connectivity index (χ1n) is 8.20. The van der Waals surface area contributed by atoms with Crippen LogP contribution in [0.15, 0.2) is 47.6 Å². The lowest BCUT2D eigenvalue weighted by molar-refractivity contribution is -0.144. The number of nitrogens with zero attached hydrogens (tertiary/aromatic N) is 1. The predicted octanol–water partition coefficient (Wildman–Crippen LogP) is 2.41. The minimum atomic E-state index is -1.09. The lowest BCUT2D eigenvalue weighted by atomic mass is 10.2. The molecule has 0 saturated heterocycles. The second kappa shape index (κ2) is 9.23. The zero-order valence-electron chi connectivity index (χ0n) is 14.9. The smallest absolute Gasteiger partial charge is 0.344 e. The Morgan fingerprint density at radius 2 is 1.96 bits per heavy atom. The average molecular weight is 372 g/mol. The first-order valence-corrected chi connectivity index (χ1v) is 8.20. The highest BCUT2D eigenvalue weighted by molar-refractivity contribution is 5.97. The van der Waals surface area contributed by atoms with Crippen LogP contribution in [0.5, 0.6) is 17.2 Å². The van der Waals surface area contributed by atoms with E-state index in [0.29, 0.717) is 23.7 Å². The second-order valence-corrected chi connectivity index (χ2v) is 5.45. The largest absolute Gasteiger partial charge is 0.507 e. The van der Waals surface area contributed by atoms with E-state index in [1.807, 2.05) is 0 Å². The Morgan fingerprint density at radius 1 is 1.22 bits per heavy atom. The number of phenolic OH excluding ortho intramolecular Hbond substituents is 1. The van der Waals surface area contributed by atoms with Crippen molar-refractivity contribution in [2.24, 2.45) is 5.10 Å². The molecular weight excluding hydrogens is 352 g/mol.